The van der Waals surface area contributed by atoms with Crippen LogP contribution >= 0.6 is 34.7 Å². The van der Waals surface area contributed by atoms with Crippen LogP contribution in [0.3, 0.4) is 0 Å². The zero-order valence-electron chi connectivity index (χ0n) is 13.5. The maximum Gasteiger partial charge on any atom is 0.210 e. The molecule has 0 fully saturated rings. The summed E-state index contributed by atoms with van der Waals surface area (Å²) in [6.45, 7) is 0. The average Bonchev–Trinajstić information content (AvgIpc) is 3.09. The number of aromatic nitrogens is 2. The zero-order chi connectivity index (χ0) is 18.5. The number of anilines is 2. The molecule has 0 aliphatic carbocycles. The van der Waals surface area contributed by atoms with Gasteiger partial charge in [-0.2, -0.15) is 0 Å². The number of carbonyl (C=O) groups excluding carboxylic acids is 1. The number of methoxy groups -OCH3 is 1. The highest BCUT2D eigenvalue weighted by Gasteiger charge is 2.12. The summed E-state index contributed by atoms with van der Waals surface area (Å²) in [5, 5.41) is 12.1. The Morgan fingerprint density at radius 2 is 2.04 bits per heavy atom. The fourth-order valence-corrected chi connectivity index (χ4v) is 3.95. The summed E-state index contributed by atoms with van der Waals surface area (Å²) in [5.41, 5.74) is 1.22. The second-order valence-electron chi connectivity index (χ2n) is 5.07. The molecular formula is C17H13ClFN3O2S2. The molecule has 3 rings (SSSR count). The van der Waals surface area contributed by atoms with E-state index in [0.29, 0.717) is 31.5 Å². The third-order valence-corrected chi connectivity index (χ3v) is 5.57. The molecule has 5 nitrogen and oxygen atoms in total. The Morgan fingerprint density at radius 1 is 1.27 bits per heavy atom. The highest BCUT2D eigenvalue weighted by molar-refractivity contribution is 8.01. The second-order valence-corrected chi connectivity index (χ2v) is 7.67. The molecule has 0 aliphatic rings. The van der Waals surface area contributed by atoms with E-state index in [9.17, 15) is 9.18 Å². The molecule has 1 aromatic heterocycles. The van der Waals surface area contributed by atoms with Crippen LogP contribution in [0.2, 0.25) is 5.02 Å². The number of ether oxygens (including phenoxy) is 1. The number of thioether (sulfide) groups is 1. The van der Waals surface area contributed by atoms with Gasteiger partial charge in [-0.3, -0.25) is 4.79 Å². The lowest BCUT2D eigenvalue weighted by Gasteiger charge is -2.04. The predicted molar refractivity (Wildman–Crippen MR) is 103 cm³/mol. The third kappa shape index (κ3) is 4.72. The lowest BCUT2D eigenvalue weighted by atomic mass is 10.1. The quantitative estimate of drug-likeness (QED) is 0.434. The molecule has 0 spiro atoms. The maximum atomic E-state index is 12.9. The highest BCUT2D eigenvalue weighted by atomic mass is 35.5. The first-order valence-electron chi connectivity index (χ1n) is 7.41. The van der Waals surface area contributed by atoms with Crippen molar-refractivity contribution in [3.8, 4) is 5.75 Å². The van der Waals surface area contributed by atoms with Crippen LogP contribution < -0.4 is 10.1 Å². The molecular weight excluding hydrogens is 397 g/mol. The standard InChI is InChI=1S/C17H13ClFN3O2S2/c1-24-15-7-2-10(8-13(15)18)14(23)9-25-17-22-21-16(26-17)20-12-5-3-11(19)4-6-12/h2-8H,9H2,1H3,(H,20,21). The molecule has 0 aliphatic heterocycles. The summed E-state index contributed by atoms with van der Waals surface area (Å²) in [7, 11) is 1.52. The fraction of sp³-hybridized carbons (Fsp3) is 0.118. The van der Waals surface area contributed by atoms with E-state index in [1.807, 2.05) is 0 Å². The summed E-state index contributed by atoms with van der Waals surface area (Å²) in [4.78, 5) is 12.3. The molecule has 0 bridgehead atoms. The Labute approximate surface area is 162 Å². The third-order valence-electron chi connectivity index (χ3n) is 3.30. The van der Waals surface area contributed by atoms with Gasteiger partial charge in [-0.1, -0.05) is 34.7 Å². The van der Waals surface area contributed by atoms with Crippen LogP contribution in [0, 0.1) is 5.82 Å². The number of hydrogen-bond acceptors (Lipinski definition) is 7. The maximum absolute atomic E-state index is 12.9. The van der Waals surface area contributed by atoms with Crippen molar-refractivity contribution >= 4 is 51.3 Å². The SMILES string of the molecule is COc1ccc(C(=O)CSc2nnc(Nc3ccc(F)cc3)s2)cc1Cl. The normalized spacial score (nSPS) is 10.6. The molecule has 9 heteroatoms. The van der Waals surface area contributed by atoms with Gasteiger partial charge in [0.15, 0.2) is 10.1 Å². The van der Waals surface area contributed by atoms with Gasteiger partial charge >= 0.3 is 0 Å². The number of nitrogens with zero attached hydrogens (tertiary/aromatic N) is 2. The first-order chi connectivity index (χ1) is 12.5. The van der Waals surface area contributed by atoms with Gasteiger partial charge in [-0.25, -0.2) is 4.39 Å². The summed E-state index contributed by atoms with van der Waals surface area (Å²) >= 11 is 8.65. The van der Waals surface area contributed by atoms with Crippen LogP contribution in [-0.4, -0.2) is 28.8 Å². The van der Waals surface area contributed by atoms with Gasteiger partial charge in [0, 0.05) is 11.3 Å². The zero-order valence-corrected chi connectivity index (χ0v) is 15.9. The number of carbonyl (C=O) groups is 1. The Hall–Kier alpha value is -2.16. The van der Waals surface area contributed by atoms with Crippen molar-refractivity contribution < 1.29 is 13.9 Å². The predicted octanol–water partition coefficient (Wildman–Crippen LogP) is 5.06. The lowest BCUT2D eigenvalue weighted by Crippen LogP contribution is -2.02. The molecule has 1 N–H and O–H groups in total. The largest absolute Gasteiger partial charge is 0.495 e. The van der Waals surface area contributed by atoms with Gasteiger partial charge < -0.3 is 10.1 Å². The lowest BCUT2D eigenvalue weighted by molar-refractivity contribution is 0.102. The monoisotopic (exact) mass is 409 g/mol. The first-order valence-corrected chi connectivity index (χ1v) is 9.59. The first kappa shape index (κ1) is 18.6. The average molecular weight is 410 g/mol. The van der Waals surface area contributed by atoms with Crippen molar-refractivity contribution in [2.75, 3.05) is 18.2 Å². The van der Waals surface area contributed by atoms with Gasteiger partial charge in [0.05, 0.1) is 17.9 Å². The molecule has 0 amide bonds. The minimum Gasteiger partial charge on any atom is -0.495 e. The van der Waals surface area contributed by atoms with Crippen LogP contribution in [0.5, 0.6) is 5.75 Å². The van der Waals surface area contributed by atoms with E-state index in [-0.39, 0.29) is 17.4 Å². The van der Waals surface area contributed by atoms with Gasteiger partial charge in [0.2, 0.25) is 5.13 Å². The van der Waals surface area contributed by atoms with Crippen molar-refractivity contribution in [2.45, 2.75) is 4.34 Å². The minimum absolute atomic E-state index is 0.0669. The smallest absolute Gasteiger partial charge is 0.210 e. The molecule has 1 heterocycles. The number of rotatable bonds is 7. The number of halogens is 2. The van der Waals surface area contributed by atoms with Gasteiger partial charge in [-0.05, 0) is 42.5 Å². The van der Waals surface area contributed by atoms with E-state index in [1.54, 1.807) is 30.3 Å². The van der Waals surface area contributed by atoms with E-state index >= 15 is 0 Å². The Balaban J connectivity index is 1.58. The van der Waals surface area contributed by atoms with Gasteiger partial charge in [0.25, 0.3) is 0 Å². The van der Waals surface area contributed by atoms with Crippen molar-refractivity contribution in [1.29, 1.82) is 0 Å². The van der Waals surface area contributed by atoms with Crippen LogP contribution in [-0.2, 0) is 0 Å². The minimum atomic E-state index is -0.304. The van der Waals surface area contributed by atoms with E-state index < -0.39 is 0 Å². The van der Waals surface area contributed by atoms with Gasteiger partial charge in [0.1, 0.15) is 11.6 Å². The Morgan fingerprint density at radius 3 is 2.73 bits per heavy atom. The van der Waals surface area contributed by atoms with Crippen molar-refractivity contribution in [2.24, 2.45) is 0 Å². The van der Waals surface area contributed by atoms with E-state index in [1.165, 1.54) is 42.3 Å². The van der Waals surface area contributed by atoms with Crippen LogP contribution in [0.4, 0.5) is 15.2 Å². The number of hydrogen-bond donors (Lipinski definition) is 1. The molecule has 2 aromatic carbocycles. The summed E-state index contributed by atoms with van der Waals surface area (Å²) < 4.78 is 18.6. The summed E-state index contributed by atoms with van der Waals surface area (Å²) in [6, 6.07) is 10.9. The number of benzene rings is 2. The number of nitrogens with one attached hydrogen (secondary N) is 1. The van der Waals surface area contributed by atoms with Crippen molar-refractivity contribution in [3.63, 3.8) is 0 Å². The molecule has 3 aromatic rings. The fourth-order valence-electron chi connectivity index (χ4n) is 2.03. The summed E-state index contributed by atoms with van der Waals surface area (Å²) in [5.74, 6) is 0.369. The topological polar surface area (TPSA) is 64.1 Å². The highest BCUT2D eigenvalue weighted by Crippen LogP contribution is 2.29. The van der Waals surface area contributed by atoms with Crippen molar-refractivity contribution in [3.05, 3.63) is 58.9 Å². The molecule has 0 radical (unpaired) electrons. The van der Waals surface area contributed by atoms with Crippen molar-refractivity contribution in [1.82, 2.24) is 10.2 Å². The Kier molecular flexibility index (Phi) is 6.08. The van der Waals surface area contributed by atoms with Crippen LogP contribution in [0.25, 0.3) is 0 Å². The Bertz CT molecular complexity index is 919. The molecule has 26 heavy (non-hydrogen) atoms. The molecule has 0 unspecified atom stereocenters. The van der Waals surface area contributed by atoms with Crippen LogP contribution in [0.15, 0.2) is 46.8 Å². The molecule has 0 atom stereocenters. The van der Waals surface area contributed by atoms with E-state index in [0.717, 1.165) is 0 Å². The van der Waals surface area contributed by atoms with Crippen LogP contribution in [0.1, 0.15) is 10.4 Å². The van der Waals surface area contributed by atoms with E-state index in [2.05, 4.69) is 15.5 Å². The molecule has 134 valence electrons. The van der Waals surface area contributed by atoms with E-state index in [4.69, 9.17) is 16.3 Å². The molecule has 0 saturated heterocycles. The van der Waals surface area contributed by atoms with Gasteiger partial charge in [-0.15, -0.1) is 10.2 Å². The number of ketones is 1. The summed E-state index contributed by atoms with van der Waals surface area (Å²) in [6.07, 6.45) is 0. The number of Topliss-reactive ketones (excluding diaryl/α,β-unsaturated/α-hetero) is 1. The second kappa shape index (κ2) is 8.48. The molecule has 0 saturated carbocycles.